The molecule has 6 nitrogen and oxygen atoms in total. The highest BCUT2D eigenvalue weighted by atomic mass is 32.1. The molecule has 0 spiro atoms. The third-order valence-electron chi connectivity index (χ3n) is 4.36. The minimum absolute atomic E-state index is 0.0187. The van der Waals surface area contributed by atoms with Crippen LogP contribution in [-0.2, 0) is 11.3 Å². The molecule has 4 rings (SSSR count). The Morgan fingerprint density at radius 2 is 2.11 bits per heavy atom. The van der Waals surface area contributed by atoms with Gasteiger partial charge in [0.05, 0.1) is 0 Å². The predicted molar refractivity (Wildman–Crippen MR) is 97.9 cm³/mol. The first-order valence-corrected chi connectivity index (χ1v) is 9.00. The number of nitrogens with one attached hydrogen (secondary N) is 1. The first kappa shape index (κ1) is 17.2. The maximum Gasteiger partial charge on any atom is 0.255 e. The van der Waals surface area contributed by atoms with E-state index in [0.29, 0.717) is 10.7 Å². The number of hydrogen-bond donors (Lipinski definition) is 2. The topological polar surface area (TPSA) is 82.5 Å². The second-order valence-electron chi connectivity index (χ2n) is 6.02. The molecule has 1 atom stereocenters. The summed E-state index contributed by atoms with van der Waals surface area (Å²) >= 11 is 1.22. The molecule has 1 aromatic heterocycles. The van der Waals surface area contributed by atoms with Crippen LogP contribution in [0.4, 0.5) is 9.52 Å². The Bertz CT molecular complexity index is 1020. The van der Waals surface area contributed by atoms with Crippen LogP contribution in [0.2, 0.25) is 0 Å². The maximum absolute atomic E-state index is 13.8. The van der Waals surface area contributed by atoms with Crippen LogP contribution >= 0.6 is 11.3 Å². The quantitative estimate of drug-likeness (QED) is 0.724. The van der Waals surface area contributed by atoms with Gasteiger partial charge in [-0.3, -0.25) is 14.9 Å². The van der Waals surface area contributed by atoms with E-state index in [1.807, 2.05) is 0 Å². The van der Waals surface area contributed by atoms with Crippen LogP contribution in [0.25, 0.3) is 0 Å². The van der Waals surface area contributed by atoms with E-state index in [0.717, 1.165) is 17.7 Å². The predicted octanol–water partition coefficient (Wildman–Crippen LogP) is 3.32. The molecule has 2 aromatic carbocycles. The molecule has 1 aliphatic rings. The maximum atomic E-state index is 13.8. The summed E-state index contributed by atoms with van der Waals surface area (Å²) in [6, 6.07) is 9.15. The number of benzene rings is 2. The van der Waals surface area contributed by atoms with Gasteiger partial charge in [0.2, 0.25) is 0 Å². The molecule has 8 heteroatoms. The molecule has 0 unspecified atom stereocenters. The highest BCUT2D eigenvalue weighted by Gasteiger charge is 2.38. The number of aromatic nitrogens is 1. The number of carbonyl (C=O) groups is 2. The fourth-order valence-corrected chi connectivity index (χ4v) is 3.67. The molecule has 0 saturated carbocycles. The number of carbonyl (C=O) groups excluding carboxylic acids is 2. The van der Waals surface area contributed by atoms with Crippen molar-refractivity contribution in [2.24, 2.45) is 0 Å². The summed E-state index contributed by atoms with van der Waals surface area (Å²) < 4.78 is 13.8. The van der Waals surface area contributed by atoms with Crippen LogP contribution in [0, 0.1) is 5.82 Å². The zero-order chi connectivity index (χ0) is 19.0. The number of phenols is 1. The minimum Gasteiger partial charge on any atom is -0.508 e. The summed E-state index contributed by atoms with van der Waals surface area (Å²) in [7, 11) is 0. The number of halogens is 1. The number of amides is 2. The molecule has 3 aromatic rings. The van der Waals surface area contributed by atoms with E-state index < -0.39 is 17.8 Å². The van der Waals surface area contributed by atoms with E-state index in [1.54, 1.807) is 29.6 Å². The normalized spacial score (nSPS) is 14.1. The third kappa shape index (κ3) is 3.15. The monoisotopic (exact) mass is 383 g/mol. The average molecular weight is 383 g/mol. The van der Waals surface area contributed by atoms with Gasteiger partial charge in [0.15, 0.2) is 5.13 Å². The Balaban J connectivity index is 1.76. The molecule has 2 amide bonds. The van der Waals surface area contributed by atoms with Crippen molar-refractivity contribution in [3.8, 4) is 5.75 Å². The van der Waals surface area contributed by atoms with Gasteiger partial charge < -0.3 is 10.0 Å². The molecule has 0 aliphatic carbocycles. The second-order valence-corrected chi connectivity index (χ2v) is 6.92. The first-order chi connectivity index (χ1) is 13.0. The molecule has 0 saturated heterocycles. The SMILES string of the molecule is O=C(Nc1nccs1)[C@H](c1cc(F)ccc1O)N1Cc2ccccc2C1=O. The van der Waals surface area contributed by atoms with Crippen molar-refractivity contribution in [1.82, 2.24) is 9.88 Å². The molecule has 27 heavy (non-hydrogen) atoms. The first-order valence-electron chi connectivity index (χ1n) is 8.12. The molecule has 2 heterocycles. The lowest BCUT2D eigenvalue weighted by Gasteiger charge is -2.27. The van der Waals surface area contributed by atoms with E-state index in [4.69, 9.17) is 0 Å². The number of thiazole rings is 1. The van der Waals surface area contributed by atoms with Crippen LogP contribution in [0.5, 0.6) is 5.75 Å². The molecule has 0 radical (unpaired) electrons. The van der Waals surface area contributed by atoms with E-state index >= 15 is 0 Å². The van der Waals surface area contributed by atoms with Crippen LogP contribution in [0.15, 0.2) is 54.0 Å². The molecular formula is C19H14FN3O3S. The Labute approximate surface area is 157 Å². The lowest BCUT2D eigenvalue weighted by atomic mass is 10.0. The van der Waals surface area contributed by atoms with E-state index in [9.17, 15) is 19.1 Å². The van der Waals surface area contributed by atoms with Crippen molar-refractivity contribution in [3.05, 3.63) is 76.5 Å². The Kier molecular flexibility index (Phi) is 4.33. The largest absolute Gasteiger partial charge is 0.508 e. The van der Waals surface area contributed by atoms with Crippen LogP contribution in [0.1, 0.15) is 27.5 Å². The molecule has 0 bridgehead atoms. The Morgan fingerprint density at radius 3 is 2.85 bits per heavy atom. The van der Waals surface area contributed by atoms with Gasteiger partial charge in [-0.15, -0.1) is 11.3 Å². The summed E-state index contributed by atoms with van der Waals surface area (Å²) in [5, 5.41) is 14.9. The zero-order valence-electron chi connectivity index (χ0n) is 13.9. The number of nitrogens with zero attached hydrogens (tertiary/aromatic N) is 2. The van der Waals surface area contributed by atoms with Crippen molar-refractivity contribution in [3.63, 3.8) is 0 Å². The van der Waals surface area contributed by atoms with Gasteiger partial charge in [-0.05, 0) is 29.8 Å². The summed E-state index contributed by atoms with van der Waals surface area (Å²) in [5.41, 5.74) is 1.27. The highest BCUT2D eigenvalue weighted by Crippen LogP contribution is 2.36. The van der Waals surface area contributed by atoms with Gasteiger partial charge in [0, 0.05) is 29.2 Å². The average Bonchev–Trinajstić information content (AvgIpc) is 3.27. The number of fused-ring (bicyclic) bond motifs is 1. The zero-order valence-corrected chi connectivity index (χ0v) is 14.7. The fraction of sp³-hybridized carbons (Fsp3) is 0.105. The van der Waals surface area contributed by atoms with E-state index in [1.165, 1.54) is 28.5 Å². The van der Waals surface area contributed by atoms with Gasteiger partial charge >= 0.3 is 0 Å². The third-order valence-corrected chi connectivity index (χ3v) is 5.04. The Morgan fingerprint density at radius 1 is 1.30 bits per heavy atom. The number of rotatable bonds is 4. The standard InChI is InChI=1S/C19H14FN3O3S/c20-12-5-6-15(24)14(9-12)16(17(25)22-19-21-7-8-27-19)23-10-11-3-1-2-4-13(11)18(23)26/h1-9,16,24H,10H2,(H,21,22,25)/t16-/m0/s1. The smallest absolute Gasteiger partial charge is 0.255 e. The second kappa shape index (κ2) is 6.81. The van der Waals surface area contributed by atoms with Crippen molar-refractivity contribution in [1.29, 1.82) is 0 Å². The summed E-state index contributed by atoms with van der Waals surface area (Å²) in [6.07, 6.45) is 1.53. The molecule has 1 aliphatic heterocycles. The molecular weight excluding hydrogens is 369 g/mol. The van der Waals surface area contributed by atoms with Gasteiger partial charge in [0.25, 0.3) is 11.8 Å². The highest BCUT2D eigenvalue weighted by molar-refractivity contribution is 7.13. The lowest BCUT2D eigenvalue weighted by molar-refractivity contribution is -0.120. The van der Waals surface area contributed by atoms with E-state index in [2.05, 4.69) is 10.3 Å². The fourth-order valence-electron chi connectivity index (χ4n) is 3.14. The molecule has 0 fully saturated rings. The van der Waals surface area contributed by atoms with Crippen LogP contribution in [0.3, 0.4) is 0 Å². The molecule has 136 valence electrons. The Hall–Kier alpha value is -3.26. The van der Waals surface area contributed by atoms with Crippen LogP contribution < -0.4 is 5.32 Å². The van der Waals surface area contributed by atoms with Crippen LogP contribution in [-0.4, -0.2) is 26.8 Å². The van der Waals surface area contributed by atoms with E-state index in [-0.39, 0.29) is 23.8 Å². The summed E-state index contributed by atoms with van der Waals surface area (Å²) in [4.78, 5) is 31.2. The number of aromatic hydroxyl groups is 1. The van der Waals surface area contributed by atoms with Gasteiger partial charge in [-0.1, -0.05) is 18.2 Å². The van der Waals surface area contributed by atoms with Gasteiger partial charge in [-0.2, -0.15) is 0 Å². The minimum atomic E-state index is -1.20. The molecule has 2 N–H and O–H groups in total. The number of phenolic OH excluding ortho intramolecular Hbond substituents is 1. The van der Waals surface area contributed by atoms with Gasteiger partial charge in [0.1, 0.15) is 17.6 Å². The van der Waals surface area contributed by atoms with Crippen molar-refractivity contribution in [2.45, 2.75) is 12.6 Å². The number of anilines is 1. The number of hydrogen-bond acceptors (Lipinski definition) is 5. The van der Waals surface area contributed by atoms with Gasteiger partial charge in [-0.25, -0.2) is 9.37 Å². The van der Waals surface area contributed by atoms with Crippen molar-refractivity contribution >= 4 is 28.3 Å². The van der Waals surface area contributed by atoms with Crippen molar-refractivity contribution < 1.29 is 19.1 Å². The summed E-state index contributed by atoms with van der Waals surface area (Å²) in [6.45, 7) is 0.181. The summed E-state index contributed by atoms with van der Waals surface area (Å²) in [5.74, 6) is -1.81. The lowest BCUT2D eigenvalue weighted by Crippen LogP contribution is -2.37. The van der Waals surface area contributed by atoms with Crippen molar-refractivity contribution in [2.75, 3.05) is 5.32 Å².